The van der Waals surface area contributed by atoms with Gasteiger partial charge >= 0.3 is 0 Å². The number of anilines is 1. The van der Waals surface area contributed by atoms with E-state index >= 15 is 0 Å². The molecule has 0 bridgehead atoms. The van der Waals surface area contributed by atoms with Crippen molar-refractivity contribution >= 4 is 59.8 Å². The van der Waals surface area contributed by atoms with Gasteiger partial charge in [-0.1, -0.05) is 91.0 Å². The van der Waals surface area contributed by atoms with Crippen LogP contribution in [0.2, 0.25) is 0 Å². The number of aromatic nitrogens is 6. The maximum Gasteiger partial charge on any atom is 0.211 e. The Morgan fingerprint density at radius 3 is 1.18 bits per heavy atom. The predicted molar refractivity (Wildman–Crippen MR) is 296 cm³/mol. The maximum atomic E-state index is 11.6. The Hall–Kier alpha value is -5.11. The van der Waals surface area contributed by atoms with Crippen molar-refractivity contribution in [1.29, 1.82) is 0 Å². The van der Waals surface area contributed by atoms with Crippen LogP contribution in [0.4, 0.5) is 5.69 Å². The quantitative estimate of drug-likeness (QED) is 0.166. The predicted octanol–water partition coefficient (Wildman–Crippen LogP) is 4.80. The van der Waals surface area contributed by atoms with Gasteiger partial charge in [0.2, 0.25) is 30.1 Å². The normalized spacial score (nSPS) is 16.2. The summed E-state index contributed by atoms with van der Waals surface area (Å²) in [6.07, 6.45) is 9.07. The van der Waals surface area contributed by atoms with Crippen LogP contribution in [-0.2, 0) is 49.0 Å². The lowest BCUT2D eigenvalue weighted by Gasteiger charge is -2.32. The number of benzene rings is 3. The lowest BCUT2D eigenvalue weighted by atomic mass is 10.1. The summed E-state index contributed by atoms with van der Waals surface area (Å²) >= 11 is 5.71. The molecule has 0 aliphatic carbocycles. The number of sulfonamides is 3. The molecular formula is C50H67Cl2N13O6S3. The highest BCUT2D eigenvalue weighted by Crippen LogP contribution is 2.24. The third-order valence-electron chi connectivity index (χ3n) is 12.0. The molecule has 9 rings (SSSR count). The average Bonchev–Trinajstić information content (AvgIpc) is 3.39. The number of hydrogen-bond donors (Lipinski definition) is 2. The third kappa shape index (κ3) is 18.3. The zero-order valence-corrected chi connectivity index (χ0v) is 46.5. The Kier molecular flexibility index (Phi) is 22.7. The summed E-state index contributed by atoms with van der Waals surface area (Å²) < 4.78 is 72.5. The molecule has 3 aliphatic rings. The molecule has 74 heavy (non-hydrogen) atoms. The van der Waals surface area contributed by atoms with Gasteiger partial charge in [-0.3, -0.25) is 9.80 Å². The molecule has 400 valence electrons. The Morgan fingerprint density at radius 1 is 0.486 bits per heavy atom. The van der Waals surface area contributed by atoms with Gasteiger partial charge in [-0.05, 0) is 25.0 Å². The van der Waals surface area contributed by atoms with Gasteiger partial charge in [0.05, 0.1) is 66.7 Å². The Labute approximate surface area is 448 Å². The highest BCUT2D eigenvalue weighted by molar-refractivity contribution is 7.88. The number of nitrogens with one attached hydrogen (secondary N) is 1. The molecule has 0 atom stereocenters. The van der Waals surface area contributed by atoms with Crippen molar-refractivity contribution in [3.63, 3.8) is 0 Å². The maximum absolute atomic E-state index is 11.6. The van der Waals surface area contributed by atoms with Crippen molar-refractivity contribution in [1.82, 2.24) is 57.9 Å². The van der Waals surface area contributed by atoms with E-state index in [9.17, 15) is 25.3 Å². The van der Waals surface area contributed by atoms with Crippen LogP contribution in [0.25, 0.3) is 33.8 Å². The average molecular weight is 1110 g/mol. The molecule has 0 unspecified atom stereocenters. The fourth-order valence-corrected chi connectivity index (χ4v) is 10.6. The number of aryl methyl sites for hydroxylation is 2. The molecule has 0 saturated carbocycles. The molecule has 0 amide bonds. The number of hydrogen-bond acceptors (Lipinski definition) is 16. The monoisotopic (exact) mass is 1110 g/mol. The topological polar surface area (TPSA) is 234 Å². The second-order valence-electron chi connectivity index (χ2n) is 17.7. The molecule has 6 heterocycles. The van der Waals surface area contributed by atoms with E-state index in [4.69, 9.17) is 22.3 Å². The van der Waals surface area contributed by atoms with Gasteiger partial charge in [0.15, 0.2) is 0 Å². The molecule has 3 saturated heterocycles. The van der Waals surface area contributed by atoms with Gasteiger partial charge in [-0.25, -0.2) is 55.2 Å². The van der Waals surface area contributed by atoms with Crippen LogP contribution < -0.4 is 11.1 Å². The molecule has 3 aromatic carbocycles. The summed E-state index contributed by atoms with van der Waals surface area (Å²) in [5.41, 5.74) is 14.5. The van der Waals surface area contributed by atoms with Gasteiger partial charge in [0.25, 0.3) is 0 Å². The van der Waals surface area contributed by atoms with E-state index in [1.165, 1.54) is 31.7 Å². The van der Waals surface area contributed by atoms with Crippen LogP contribution in [0, 0.1) is 13.8 Å². The standard InChI is InChI=1S/C17H22N4O2S.C16H21N5O2S.C12H11ClN2.C5H12N2O2S.ClH/c1-14-12-18-16(19-17(14)15-6-4-3-5-7-15)13-20-8-10-21(11-9-20)24(2,22)23;1-24(22,23)21-9-7-20(8-10-21)12-15-18-11-14(17)16(19-15)13-5-3-2-4-6-13;1-9-8-14-11(7-13)15-12(9)10-5-3-2-4-6-10;1-10(8,9)7-4-2-6-3-5-7;/h3-7,12H,8-11,13H2,1-2H3;2-6,11H,7-10,12,17H2,1H3;2-6,8H,7H2,1H3;6H,2-5H2,1H3;1H. The summed E-state index contributed by atoms with van der Waals surface area (Å²) in [5.74, 6) is 2.48. The number of nitrogens with zero attached hydrogens (tertiary/aromatic N) is 11. The first-order chi connectivity index (χ1) is 34.8. The Morgan fingerprint density at radius 2 is 0.811 bits per heavy atom. The smallest absolute Gasteiger partial charge is 0.211 e. The van der Waals surface area contributed by atoms with Gasteiger partial charge in [-0.15, -0.1) is 24.0 Å². The second kappa shape index (κ2) is 28.1. The van der Waals surface area contributed by atoms with Crippen molar-refractivity contribution in [3.05, 3.63) is 138 Å². The van der Waals surface area contributed by atoms with Gasteiger partial charge in [0.1, 0.15) is 17.5 Å². The van der Waals surface area contributed by atoms with Gasteiger partial charge in [0, 0.05) is 108 Å². The molecule has 19 nitrogen and oxygen atoms in total. The van der Waals surface area contributed by atoms with Crippen molar-refractivity contribution in [2.24, 2.45) is 0 Å². The Balaban J connectivity index is 0.000000191. The van der Waals surface area contributed by atoms with Crippen LogP contribution in [-0.4, -0.2) is 175 Å². The number of piperazine rings is 3. The van der Waals surface area contributed by atoms with Crippen molar-refractivity contribution in [2.45, 2.75) is 32.8 Å². The van der Waals surface area contributed by atoms with Crippen LogP contribution in [0.1, 0.15) is 28.6 Å². The van der Waals surface area contributed by atoms with E-state index in [0.717, 1.165) is 63.8 Å². The Bertz CT molecular complexity index is 2900. The van der Waals surface area contributed by atoms with Crippen LogP contribution in [0.15, 0.2) is 110 Å². The lowest BCUT2D eigenvalue weighted by molar-refractivity contribution is 0.178. The summed E-state index contributed by atoms with van der Waals surface area (Å²) in [7, 11) is -9.14. The molecule has 24 heteroatoms. The second-order valence-corrected chi connectivity index (χ2v) is 24.0. The highest BCUT2D eigenvalue weighted by Gasteiger charge is 2.25. The summed E-state index contributed by atoms with van der Waals surface area (Å²) in [6, 6.07) is 29.9. The number of rotatable bonds is 11. The number of alkyl halides is 1. The molecule has 3 fully saturated rings. The summed E-state index contributed by atoms with van der Waals surface area (Å²) in [4.78, 5) is 31.0. The van der Waals surface area contributed by atoms with E-state index in [0.29, 0.717) is 102 Å². The zero-order chi connectivity index (χ0) is 52.6. The number of nitrogen functional groups attached to an aromatic ring is 1. The molecule has 6 aromatic rings. The molecular weight excluding hydrogens is 1050 g/mol. The minimum absolute atomic E-state index is 0. The van der Waals surface area contributed by atoms with Gasteiger partial charge < -0.3 is 11.1 Å². The van der Waals surface area contributed by atoms with Crippen molar-refractivity contribution in [3.8, 4) is 33.8 Å². The summed E-state index contributed by atoms with van der Waals surface area (Å²) in [6.45, 7) is 12.8. The molecule has 0 radical (unpaired) electrons. The largest absolute Gasteiger partial charge is 0.396 e. The lowest BCUT2D eigenvalue weighted by Crippen LogP contribution is -2.48. The van der Waals surface area contributed by atoms with Crippen molar-refractivity contribution < 1.29 is 25.3 Å². The zero-order valence-electron chi connectivity index (χ0n) is 42.5. The van der Waals surface area contributed by atoms with Gasteiger partial charge in [-0.2, -0.15) is 12.9 Å². The van der Waals surface area contributed by atoms with Crippen LogP contribution >= 0.6 is 24.0 Å². The van der Waals surface area contributed by atoms with E-state index in [2.05, 4.69) is 40.0 Å². The first-order valence-corrected chi connectivity index (χ1v) is 29.9. The molecule has 3 aliphatic heterocycles. The van der Waals surface area contributed by atoms with E-state index in [-0.39, 0.29) is 12.4 Å². The summed E-state index contributed by atoms with van der Waals surface area (Å²) in [5, 5.41) is 3.08. The fraction of sp³-hybridized carbons (Fsp3) is 0.400. The minimum atomic E-state index is -3.11. The first kappa shape index (κ1) is 59.8. The first-order valence-electron chi connectivity index (χ1n) is 23.8. The third-order valence-corrected chi connectivity index (χ3v) is 16.2. The minimum Gasteiger partial charge on any atom is -0.396 e. The number of nitrogens with two attached hydrogens (primary N) is 1. The van der Waals surface area contributed by atoms with Crippen molar-refractivity contribution in [2.75, 3.05) is 103 Å². The molecule has 0 spiro atoms. The van der Waals surface area contributed by atoms with E-state index in [1.807, 2.05) is 117 Å². The molecule has 3 N–H and O–H groups in total. The SMILES string of the molecule is CS(=O)(=O)N1CCN(Cc2ncc(N)c(-c3ccccc3)n2)CC1.CS(=O)(=O)N1CCNCC1.Cc1cnc(CCl)nc1-c1ccccc1.Cc1cnc(CN2CCN(S(C)(=O)=O)CC2)nc1-c1ccccc1.Cl. The molecule has 3 aromatic heterocycles. The number of halogens is 2. The fourth-order valence-electron chi connectivity index (χ4n) is 8.02. The van der Waals surface area contributed by atoms with Crippen LogP contribution in [0.5, 0.6) is 0 Å². The highest BCUT2D eigenvalue weighted by atomic mass is 35.5. The van der Waals surface area contributed by atoms with E-state index < -0.39 is 30.1 Å². The van der Waals surface area contributed by atoms with Crippen LogP contribution in [0.3, 0.4) is 0 Å². The van der Waals surface area contributed by atoms with E-state index in [1.54, 1.807) is 6.20 Å².